The van der Waals surface area contributed by atoms with Gasteiger partial charge in [-0.15, -0.1) is 0 Å². The highest BCUT2D eigenvalue weighted by molar-refractivity contribution is 5.80. The lowest BCUT2D eigenvalue weighted by atomic mass is 9.81. The maximum atomic E-state index is 12.5. The zero-order chi connectivity index (χ0) is 16.5. The Kier molecular flexibility index (Phi) is 4.54. The Morgan fingerprint density at radius 2 is 1.96 bits per heavy atom. The molecule has 3 rings (SSSR count). The van der Waals surface area contributed by atoms with Gasteiger partial charge in [0.05, 0.1) is 11.0 Å². The quantitative estimate of drug-likeness (QED) is 0.831. The van der Waals surface area contributed by atoms with Crippen LogP contribution in [0.3, 0.4) is 0 Å². The van der Waals surface area contributed by atoms with Crippen molar-refractivity contribution in [2.24, 2.45) is 11.3 Å². The number of fused-ring (bicyclic) bond motifs is 1. The molecular weight excluding hydrogens is 296 g/mol. The van der Waals surface area contributed by atoms with Crippen LogP contribution in [0.15, 0.2) is 0 Å². The second kappa shape index (κ2) is 6.30. The van der Waals surface area contributed by atoms with Crippen LogP contribution in [0.2, 0.25) is 0 Å². The lowest BCUT2D eigenvalue weighted by Crippen LogP contribution is -2.49. The first kappa shape index (κ1) is 16.6. The van der Waals surface area contributed by atoms with Gasteiger partial charge >= 0.3 is 12.0 Å². The van der Waals surface area contributed by atoms with Crippen molar-refractivity contribution < 1.29 is 19.4 Å². The maximum Gasteiger partial charge on any atom is 0.317 e. The first-order chi connectivity index (χ1) is 11.0. The average molecular weight is 324 g/mol. The fraction of sp³-hybridized carbons (Fsp3) is 0.882. The zero-order valence-electron chi connectivity index (χ0n) is 14.0. The standard InChI is InChI=1S/C17H28N2O4/c1-23-16(7-3-2-4-8-16)11-18-15(22)19-10-13-6-5-9-17(13,12-19)14(20)21/h13H,2-12H2,1H3,(H,18,22)(H,20,21)/t13-,17+/m0/s1. The average Bonchev–Trinajstić information content (AvgIpc) is 3.12. The number of hydrogen-bond acceptors (Lipinski definition) is 3. The summed E-state index contributed by atoms with van der Waals surface area (Å²) in [5, 5.41) is 12.6. The van der Waals surface area contributed by atoms with E-state index in [4.69, 9.17) is 4.74 Å². The number of carbonyl (C=O) groups is 2. The molecule has 2 aliphatic carbocycles. The number of rotatable bonds is 4. The van der Waals surface area contributed by atoms with Crippen molar-refractivity contribution >= 4 is 12.0 Å². The van der Waals surface area contributed by atoms with Crippen molar-refractivity contribution in [1.29, 1.82) is 0 Å². The normalized spacial score (nSPS) is 32.6. The van der Waals surface area contributed by atoms with Gasteiger partial charge in [0, 0.05) is 26.7 Å². The molecule has 130 valence electrons. The molecule has 6 heteroatoms. The first-order valence-corrected chi connectivity index (χ1v) is 8.83. The summed E-state index contributed by atoms with van der Waals surface area (Å²) in [7, 11) is 1.72. The van der Waals surface area contributed by atoms with Crippen LogP contribution in [0.4, 0.5) is 4.79 Å². The third-order valence-electron chi connectivity index (χ3n) is 6.34. The molecule has 23 heavy (non-hydrogen) atoms. The fourth-order valence-corrected chi connectivity index (χ4v) is 4.79. The number of nitrogens with zero attached hydrogens (tertiary/aromatic N) is 1. The molecule has 1 heterocycles. The van der Waals surface area contributed by atoms with Gasteiger partial charge in [-0.2, -0.15) is 0 Å². The zero-order valence-corrected chi connectivity index (χ0v) is 14.0. The van der Waals surface area contributed by atoms with Crippen LogP contribution in [0, 0.1) is 11.3 Å². The number of ether oxygens (including phenoxy) is 1. The summed E-state index contributed by atoms with van der Waals surface area (Å²) in [5.41, 5.74) is -0.949. The van der Waals surface area contributed by atoms with Crippen LogP contribution in [-0.4, -0.2) is 54.4 Å². The van der Waals surface area contributed by atoms with Gasteiger partial charge < -0.3 is 20.1 Å². The van der Waals surface area contributed by atoms with Crippen molar-refractivity contribution in [1.82, 2.24) is 10.2 Å². The third-order valence-corrected chi connectivity index (χ3v) is 6.34. The maximum absolute atomic E-state index is 12.5. The summed E-state index contributed by atoms with van der Waals surface area (Å²) >= 11 is 0. The number of amides is 2. The van der Waals surface area contributed by atoms with E-state index in [0.717, 1.165) is 38.5 Å². The largest absolute Gasteiger partial charge is 0.481 e. The van der Waals surface area contributed by atoms with Crippen LogP contribution >= 0.6 is 0 Å². The molecule has 2 N–H and O–H groups in total. The van der Waals surface area contributed by atoms with E-state index < -0.39 is 11.4 Å². The number of carboxylic acid groups (broad SMARTS) is 1. The molecule has 0 spiro atoms. The van der Waals surface area contributed by atoms with Crippen LogP contribution in [0.1, 0.15) is 51.4 Å². The SMILES string of the molecule is COC1(CNC(=O)N2C[C@@H]3CCC[C@@]3(C(=O)O)C2)CCCCC1. The Bertz CT molecular complexity index is 475. The molecule has 0 aromatic rings. The van der Waals surface area contributed by atoms with Gasteiger partial charge in [0.25, 0.3) is 0 Å². The van der Waals surface area contributed by atoms with Gasteiger partial charge in [0.15, 0.2) is 0 Å². The van der Waals surface area contributed by atoms with Crippen molar-refractivity contribution in [3.8, 4) is 0 Å². The highest BCUT2D eigenvalue weighted by Crippen LogP contribution is 2.48. The lowest BCUT2D eigenvalue weighted by Gasteiger charge is -2.36. The number of urea groups is 1. The first-order valence-electron chi connectivity index (χ1n) is 8.83. The number of likely N-dealkylation sites (tertiary alicyclic amines) is 1. The van der Waals surface area contributed by atoms with Gasteiger partial charge in [0.2, 0.25) is 0 Å². The summed E-state index contributed by atoms with van der Waals surface area (Å²) in [6.07, 6.45) is 8.02. The highest BCUT2D eigenvalue weighted by Gasteiger charge is 2.55. The molecular formula is C17H28N2O4. The van der Waals surface area contributed by atoms with Crippen LogP contribution < -0.4 is 5.32 Å². The van der Waals surface area contributed by atoms with Crippen LogP contribution in [-0.2, 0) is 9.53 Å². The van der Waals surface area contributed by atoms with E-state index in [9.17, 15) is 14.7 Å². The lowest BCUT2D eigenvalue weighted by molar-refractivity contribution is -0.149. The van der Waals surface area contributed by atoms with Gasteiger partial charge in [-0.1, -0.05) is 25.7 Å². The molecule has 3 fully saturated rings. The van der Waals surface area contributed by atoms with E-state index in [1.54, 1.807) is 12.0 Å². The predicted octanol–water partition coefficient (Wildman–Crippen LogP) is 2.23. The second-order valence-corrected chi connectivity index (χ2v) is 7.54. The monoisotopic (exact) mass is 324 g/mol. The van der Waals surface area contributed by atoms with Crippen molar-refractivity contribution in [2.75, 3.05) is 26.7 Å². The molecule has 6 nitrogen and oxygen atoms in total. The summed E-state index contributed by atoms with van der Waals surface area (Å²) in [4.78, 5) is 25.9. The van der Waals surface area contributed by atoms with E-state index in [1.807, 2.05) is 0 Å². The van der Waals surface area contributed by atoms with Gasteiger partial charge in [-0.3, -0.25) is 4.79 Å². The predicted molar refractivity (Wildman–Crippen MR) is 85.2 cm³/mol. The van der Waals surface area contributed by atoms with Crippen molar-refractivity contribution in [3.63, 3.8) is 0 Å². The van der Waals surface area contributed by atoms with E-state index in [-0.39, 0.29) is 17.6 Å². The third kappa shape index (κ3) is 2.93. The van der Waals surface area contributed by atoms with Gasteiger partial charge in [0.1, 0.15) is 0 Å². The van der Waals surface area contributed by atoms with E-state index >= 15 is 0 Å². The minimum atomic E-state index is -0.740. The van der Waals surface area contributed by atoms with E-state index in [2.05, 4.69) is 5.32 Å². The Morgan fingerprint density at radius 3 is 2.57 bits per heavy atom. The number of nitrogens with one attached hydrogen (secondary N) is 1. The molecule has 2 amide bonds. The Labute approximate surface area is 137 Å². The Balaban J connectivity index is 1.58. The Morgan fingerprint density at radius 1 is 1.22 bits per heavy atom. The Hall–Kier alpha value is -1.30. The minimum Gasteiger partial charge on any atom is -0.481 e. The molecule has 3 aliphatic rings. The van der Waals surface area contributed by atoms with Crippen molar-refractivity contribution in [2.45, 2.75) is 57.0 Å². The molecule has 0 bridgehead atoms. The number of aliphatic carboxylic acids is 1. The highest BCUT2D eigenvalue weighted by atomic mass is 16.5. The second-order valence-electron chi connectivity index (χ2n) is 7.54. The van der Waals surface area contributed by atoms with Crippen molar-refractivity contribution in [3.05, 3.63) is 0 Å². The molecule has 1 saturated heterocycles. The molecule has 2 saturated carbocycles. The molecule has 1 aliphatic heterocycles. The smallest absolute Gasteiger partial charge is 0.317 e. The number of methoxy groups -OCH3 is 1. The van der Waals surface area contributed by atoms with E-state index in [0.29, 0.717) is 26.1 Å². The molecule has 0 unspecified atom stereocenters. The summed E-state index contributed by atoms with van der Waals surface area (Å²) in [6, 6.07) is -0.137. The molecule has 2 atom stereocenters. The molecule has 0 aromatic heterocycles. The van der Waals surface area contributed by atoms with Crippen LogP contribution in [0.5, 0.6) is 0 Å². The van der Waals surface area contributed by atoms with Gasteiger partial charge in [-0.05, 0) is 31.6 Å². The molecule has 0 aromatic carbocycles. The summed E-state index contributed by atoms with van der Waals surface area (Å²) < 4.78 is 5.70. The summed E-state index contributed by atoms with van der Waals surface area (Å²) in [5.74, 6) is -0.632. The molecule has 0 radical (unpaired) electrons. The van der Waals surface area contributed by atoms with Gasteiger partial charge in [-0.25, -0.2) is 4.79 Å². The topological polar surface area (TPSA) is 78.9 Å². The fourth-order valence-electron chi connectivity index (χ4n) is 4.79. The van der Waals surface area contributed by atoms with E-state index in [1.165, 1.54) is 6.42 Å². The minimum absolute atomic E-state index is 0.108. The number of carboxylic acids is 1. The number of hydrogen-bond donors (Lipinski definition) is 2. The van der Waals surface area contributed by atoms with Crippen LogP contribution in [0.25, 0.3) is 0 Å². The number of carbonyl (C=O) groups excluding carboxylic acids is 1. The summed E-state index contributed by atoms with van der Waals surface area (Å²) in [6.45, 7) is 1.43.